The van der Waals surface area contributed by atoms with E-state index in [1.54, 1.807) is 24.3 Å². The van der Waals surface area contributed by atoms with E-state index in [9.17, 15) is 22.4 Å². The molecule has 0 aliphatic heterocycles. The van der Waals surface area contributed by atoms with E-state index in [1.807, 2.05) is 56.3 Å². The van der Waals surface area contributed by atoms with E-state index in [2.05, 4.69) is 5.32 Å². The summed E-state index contributed by atoms with van der Waals surface area (Å²) in [7, 11) is -3.87. The zero-order valence-corrected chi connectivity index (χ0v) is 26.0. The lowest BCUT2D eigenvalue weighted by molar-refractivity contribution is -0.140. The molecule has 0 spiro atoms. The molecule has 9 heteroatoms. The van der Waals surface area contributed by atoms with Gasteiger partial charge in [-0.2, -0.15) is 0 Å². The molecule has 0 saturated heterocycles. The number of para-hydroxylation sites is 1. The maximum Gasteiger partial charge on any atom is 0.244 e. The zero-order chi connectivity index (χ0) is 31.0. The predicted octanol–water partition coefficient (Wildman–Crippen LogP) is 5.80. The monoisotopic (exact) mass is 607 g/mol. The molecule has 7 nitrogen and oxygen atoms in total. The average Bonchev–Trinajstić information content (AvgIpc) is 2.99. The van der Waals surface area contributed by atoms with Gasteiger partial charge in [-0.3, -0.25) is 13.9 Å². The van der Waals surface area contributed by atoms with Gasteiger partial charge in [0.2, 0.25) is 21.8 Å². The molecule has 2 amide bonds. The topological polar surface area (TPSA) is 86.8 Å². The van der Waals surface area contributed by atoms with Gasteiger partial charge in [0.1, 0.15) is 18.4 Å². The summed E-state index contributed by atoms with van der Waals surface area (Å²) >= 11 is 0. The van der Waals surface area contributed by atoms with Crippen molar-refractivity contribution in [3.8, 4) is 0 Å². The summed E-state index contributed by atoms with van der Waals surface area (Å²) in [6.45, 7) is 3.46. The molecule has 3 aromatic carbocycles. The minimum Gasteiger partial charge on any atom is -0.352 e. The van der Waals surface area contributed by atoms with Crippen LogP contribution in [0.15, 0.2) is 78.9 Å². The molecule has 0 bridgehead atoms. The molecule has 3 aromatic rings. The Morgan fingerprint density at radius 3 is 2.14 bits per heavy atom. The van der Waals surface area contributed by atoms with Crippen molar-refractivity contribution < 1.29 is 22.4 Å². The summed E-state index contributed by atoms with van der Waals surface area (Å²) in [5, 5.41) is 3.18. The van der Waals surface area contributed by atoms with Crippen molar-refractivity contribution >= 4 is 27.5 Å². The Bertz CT molecular complexity index is 1470. The molecule has 1 N–H and O–H groups in total. The van der Waals surface area contributed by atoms with Crippen LogP contribution in [-0.4, -0.2) is 50.0 Å². The van der Waals surface area contributed by atoms with Gasteiger partial charge in [0.05, 0.1) is 11.9 Å². The Morgan fingerprint density at radius 1 is 0.884 bits per heavy atom. The van der Waals surface area contributed by atoms with Crippen molar-refractivity contribution in [1.29, 1.82) is 0 Å². The first-order chi connectivity index (χ1) is 20.5. The van der Waals surface area contributed by atoms with Gasteiger partial charge in [0, 0.05) is 19.0 Å². The number of halogens is 1. The number of amides is 2. The van der Waals surface area contributed by atoms with Gasteiger partial charge < -0.3 is 10.2 Å². The van der Waals surface area contributed by atoms with Crippen LogP contribution in [0.25, 0.3) is 0 Å². The third-order valence-corrected chi connectivity index (χ3v) is 9.12. The van der Waals surface area contributed by atoms with Crippen molar-refractivity contribution in [2.45, 2.75) is 76.9 Å². The van der Waals surface area contributed by atoms with Crippen molar-refractivity contribution in [3.05, 3.63) is 101 Å². The van der Waals surface area contributed by atoms with Crippen LogP contribution in [0, 0.1) is 5.82 Å². The molecule has 1 aliphatic rings. The van der Waals surface area contributed by atoms with E-state index < -0.39 is 34.3 Å². The van der Waals surface area contributed by atoms with Gasteiger partial charge in [-0.05, 0) is 53.6 Å². The van der Waals surface area contributed by atoms with E-state index in [1.165, 1.54) is 17.0 Å². The number of benzene rings is 3. The number of carbonyl (C=O) groups is 2. The molecular weight excluding hydrogens is 565 g/mol. The summed E-state index contributed by atoms with van der Waals surface area (Å²) in [6, 6.07) is 21.5. The number of hydrogen-bond donors (Lipinski definition) is 1. The van der Waals surface area contributed by atoms with Crippen LogP contribution in [0.1, 0.15) is 68.6 Å². The first-order valence-electron chi connectivity index (χ1n) is 15.0. The molecule has 0 heterocycles. The Labute approximate surface area is 255 Å². The molecule has 4 rings (SSSR count). The maximum atomic E-state index is 14.3. The molecule has 1 saturated carbocycles. The summed E-state index contributed by atoms with van der Waals surface area (Å²) in [5.41, 5.74) is 2.73. The molecule has 0 unspecified atom stereocenters. The summed E-state index contributed by atoms with van der Waals surface area (Å²) in [5.74, 6) is -1.20. The maximum absolute atomic E-state index is 14.3. The fourth-order valence-electron chi connectivity index (χ4n) is 5.68. The van der Waals surface area contributed by atoms with Gasteiger partial charge >= 0.3 is 0 Å². The summed E-state index contributed by atoms with van der Waals surface area (Å²) < 4.78 is 41.2. The Kier molecular flexibility index (Phi) is 11.0. The van der Waals surface area contributed by atoms with Gasteiger partial charge in [-0.1, -0.05) is 93.8 Å². The van der Waals surface area contributed by atoms with Gasteiger partial charge in [0.15, 0.2) is 0 Å². The number of carbonyl (C=O) groups excluding carboxylic acids is 2. The normalized spacial score (nSPS) is 14.7. The number of sulfonamides is 1. The van der Waals surface area contributed by atoms with Crippen molar-refractivity contribution in [2.24, 2.45) is 0 Å². The number of rotatable bonds is 12. The van der Waals surface area contributed by atoms with Crippen LogP contribution in [-0.2, 0) is 32.6 Å². The average molecular weight is 608 g/mol. The van der Waals surface area contributed by atoms with Gasteiger partial charge in [0.25, 0.3) is 0 Å². The van der Waals surface area contributed by atoms with E-state index in [0.29, 0.717) is 11.3 Å². The highest BCUT2D eigenvalue weighted by atomic mass is 32.2. The minimum atomic E-state index is -3.87. The Balaban J connectivity index is 1.74. The number of anilines is 1. The lowest BCUT2D eigenvalue weighted by Gasteiger charge is -2.35. The lowest BCUT2D eigenvalue weighted by Crippen LogP contribution is -2.55. The molecule has 1 aliphatic carbocycles. The van der Waals surface area contributed by atoms with Crippen molar-refractivity contribution in [2.75, 3.05) is 17.1 Å². The number of hydrogen-bond acceptors (Lipinski definition) is 4. The summed E-state index contributed by atoms with van der Waals surface area (Å²) in [6.07, 6.45) is 6.28. The third-order valence-electron chi connectivity index (χ3n) is 8.00. The quantitative estimate of drug-likeness (QED) is 0.282. The fraction of sp³-hybridized carbons (Fsp3) is 0.412. The van der Waals surface area contributed by atoms with E-state index in [0.717, 1.165) is 53.8 Å². The van der Waals surface area contributed by atoms with Crippen LogP contribution < -0.4 is 9.62 Å². The van der Waals surface area contributed by atoms with E-state index in [-0.39, 0.29) is 30.8 Å². The van der Waals surface area contributed by atoms with E-state index in [4.69, 9.17) is 0 Å². The largest absolute Gasteiger partial charge is 0.352 e. The molecule has 230 valence electrons. The highest BCUT2D eigenvalue weighted by Crippen LogP contribution is 2.29. The third kappa shape index (κ3) is 8.89. The zero-order valence-electron chi connectivity index (χ0n) is 25.2. The second-order valence-electron chi connectivity index (χ2n) is 11.7. The van der Waals surface area contributed by atoms with Crippen LogP contribution >= 0.6 is 0 Å². The second-order valence-corrected chi connectivity index (χ2v) is 13.6. The Hall–Kier alpha value is -3.72. The SMILES string of the molecule is CC(C)c1ccccc1N(CC(=O)N(Cc1ccc(F)cc1)[C@H](Cc1ccccc1)C(=O)NC1CCCCC1)S(C)(=O)=O. The Morgan fingerprint density at radius 2 is 1.51 bits per heavy atom. The lowest BCUT2D eigenvalue weighted by atomic mass is 9.94. The molecular formula is C34H42FN3O4S. The minimum absolute atomic E-state index is 0.0120. The first-order valence-corrected chi connectivity index (χ1v) is 16.8. The molecule has 1 fully saturated rings. The second kappa shape index (κ2) is 14.6. The van der Waals surface area contributed by atoms with Crippen LogP contribution in [0.4, 0.5) is 10.1 Å². The molecule has 1 atom stereocenters. The number of nitrogens with zero attached hydrogens (tertiary/aromatic N) is 2. The highest BCUT2D eigenvalue weighted by molar-refractivity contribution is 7.92. The van der Waals surface area contributed by atoms with Gasteiger partial charge in [-0.15, -0.1) is 0 Å². The summed E-state index contributed by atoms with van der Waals surface area (Å²) in [4.78, 5) is 29.8. The highest BCUT2D eigenvalue weighted by Gasteiger charge is 2.34. The van der Waals surface area contributed by atoms with Crippen LogP contribution in [0.2, 0.25) is 0 Å². The predicted molar refractivity (Wildman–Crippen MR) is 169 cm³/mol. The first kappa shape index (κ1) is 32.2. The number of nitrogens with one attached hydrogen (secondary N) is 1. The van der Waals surface area contributed by atoms with Crippen molar-refractivity contribution in [1.82, 2.24) is 10.2 Å². The van der Waals surface area contributed by atoms with Crippen LogP contribution in [0.5, 0.6) is 0 Å². The molecule has 0 radical (unpaired) electrons. The van der Waals surface area contributed by atoms with Crippen LogP contribution in [0.3, 0.4) is 0 Å². The standard InChI is InChI=1S/C34H42FN3O4S/c1-25(2)30-16-10-11-17-31(30)38(43(3,41)42)24-33(39)37(23-27-18-20-28(35)21-19-27)32(22-26-12-6-4-7-13-26)34(40)36-29-14-8-5-9-15-29/h4,6-7,10-13,16-21,25,29,32H,5,8-9,14-15,22-24H2,1-3H3,(H,36,40)/t32-/m1/s1. The van der Waals surface area contributed by atoms with E-state index >= 15 is 0 Å². The van der Waals surface area contributed by atoms with Gasteiger partial charge in [-0.25, -0.2) is 12.8 Å². The fourth-order valence-corrected chi connectivity index (χ4v) is 6.55. The molecule has 0 aromatic heterocycles. The molecule has 43 heavy (non-hydrogen) atoms. The van der Waals surface area contributed by atoms with Crippen molar-refractivity contribution in [3.63, 3.8) is 0 Å². The smallest absolute Gasteiger partial charge is 0.244 e.